The number of rotatable bonds is 5. The molecule has 1 saturated heterocycles. The molecule has 21 heavy (non-hydrogen) atoms. The van der Waals surface area contributed by atoms with E-state index in [-0.39, 0.29) is 11.0 Å². The second kappa shape index (κ2) is 5.76. The average molecular weight is 306 g/mol. The third-order valence-corrected chi connectivity index (χ3v) is 5.87. The van der Waals surface area contributed by atoms with Gasteiger partial charge in [0.1, 0.15) is 0 Å². The standard InChI is InChI=1S/C15H18N2O3S/c16-9-12-3-5-15(6-4-12)21(18,19)17-8-7-14(10-17)20-11-13-1-2-13/h3-6,13-14H,1-2,7-8,10-11H2. The highest BCUT2D eigenvalue weighted by molar-refractivity contribution is 7.89. The molecule has 1 aromatic carbocycles. The molecule has 1 heterocycles. The van der Waals surface area contributed by atoms with Crippen molar-refractivity contribution in [3.05, 3.63) is 29.8 Å². The highest BCUT2D eigenvalue weighted by Crippen LogP contribution is 2.30. The molecule has 0 aromatic heterocycles. The Balaban J connectivity index is 1.65. The summed E-state index contributed by atoms with van der Waals surface area (Å²) in [4.78, 5) is 0.240. The van der Waals surface area contributed by atoms with Crippen LogP contribution >= 0.6 is 0 Å². The lowest BCUT2D eigenvalue weighted by Crippen LogP contribution is -2.30. The number of hydrogen-bond donors (Lipinski definition) is 0. The lowest BCUT2D eigenvalue weighted by atomic mass is 10.2. The molecule has 3 rings (SSSR count). The maximum absolute atomic E-state index is 12.5. The maximum Gasteiger partial charge on any atom is 0.243 e. The van der Waals surface area contributed by atoms with Crippen molar-refractivity contribution < 1.29 is 13.2 Å². The molecule has 1 aliphatic heterocycles. The molecule has 1 atom stereocenters. The Kier molecular flexibility index (Phi) is 3.98. The second-order valence-electron chi connectivity index (χ2n) is 5.69. The molecule has 112 valence electrons. The number of nitrogens with zero attached hydrogens (tertiary/aromatic N) is 2. The van der Waals surface area contributed by atoms with Gasteiger partial charge in [-0.25, -0.2) is 8.42 Å². The normalized spacial score (nSPS) is 23.1. The van der Waals surface area contributed by atoms with Gasteiger partial charge in [-0.05, 0) is 49.4 Å². The van der Waals surface area contributed by atoms with Crippen molar-refractivity contribution in [1.29, 1.82) is 5.26 Å². The van der Waals surface area contributed by atoms with Gasteiger partial charge in [-0.3, -0.25) is 0 Å². The highest BCUT2D eigenvalue weighted by atomic mass is 32.2. The zero-order valence-electron chi connectivity index (χ0n) is 11.7. The summed E-state index contributed by atoms with van der Waals surface area (Å²) in [5.74, 6) is 0.689. The lowest BCUT2D eigenvalue weighted by molar-refractivity contribution is 0.0561. The van der Waals surface area contributed by atoms with Crippen LogP contribution in [0, 0.1) is 17.2 Å². The molecule has 0 spiro atoms. The molecule has 2 fully saturated rings. The van der Waals surface area contributed by atoms with Gasteiger partial charge in [0.15, 0.2) is 0 Å². The lowest BCUT2D eigenvalue weighted by Gasteiger charge is -2.17. The molecular weight excluding hydrogens is 288 g/mol. The minimum Gasteiger partial charge on any atom is -0.377 e. The first-order chi connectivity index (χ1) is 10.1. The third kappa shape index (κ3) is 3.26. The van der Waals surface area contributed by atoms with Gasteiger partial charge in [0.25, 0.3) is 0 Å². The fraction of sp³-hybridized carbons (Fsp3) is 0.533. The summed E-state index contributed by atoms with van der Waals surface area (Å²) >= 11 is 0. The van der Waals surface area contributed by atoms with Crippen molar-refractivity contribution in [1.82, 2.24) is 4.31 Å². The van der Waals surface area contributed by atoms with E-state index in [2.05, 4.69) is 0 Å². The number of nitriles is 1. The van der Waals surface area contributed by atoms with Crippen molar-refractivity contribution >= 4 is 10.0 Å². The van der Waals surface area contributed by atoms with Gasteiger partial charge in [0.05, 0.1) is 22.6 Å². The molecule has 0 amide bonds. The summed E-state index contributed by atoms with van der Waals surface area (Å²) < 4.78 is 32.3. The third-order valence-electron chi connectivity index (χ3n) is 3.99. The van der Waals surface area contributed by atoms with E-state index in [1.165, 1.54) is 41.4 Å². The van der Waals surface area contributed by atoms with Crippen LogP contribution in [0.2, 0.25) is 0 Å². The zero-order chi connectivity index (χ0) is 14.9. The number of hydrogen-bond acceptors (Lipinski definition) is 4. The second-order valence-corrected chi connectivity index (χ2v) is 7.62. The summed E-state index contributed by atoms with van der Waals surface area (Å²) in [6.45, 7) is 1.68. The summed E-state index contributed by atoms with van der Waals surface area (Å²) in [7, 11) is -3.48. The van der Waals surface area contributed by atoms with Gasteiger partial charge in [0.2, 0.25) is 10.0 Å². The Hall–Kier alpha value is -1.42. The Morgan fingerprint density at radius 3 is 2.57 bits per heavy atom. The predicted molar refractivity (Wildman–Crippen MR) is 77.0 cm³/mol. The van der Waals surface area contributed by atoms with E-state index in [1.54, 1.807) is 0 Å². The van der Waals surface area contributed by atoms with Crippen LogP contribution in [0.5, 0.6) is 0 Å². The molecular formula is C15H18N2O3S. The molecule has 1 unspecified atom stereocenters. The van der Waals surface area contributed by atoms with Crippen LogP contribution in [-0.4, -0.2) is 38.5 Å². The van der Waals surface area contributed by atoms with E-state index in [0.29, 0.717) is 24.6 Å². The first-order valence-corrected chi connectivity index (χ1v) is 8.65. The predicted octanol–water partition coefficient (Wildman–Crippen LogP) is 1.75. The van der Waals surface area contributed by atoms with Gasteiger partial charge in [-0.15, -0.1) is 0 Å². The van der Waals surface area contributed by atoms with E-state index >= 15 is 0 Å². The molecule has 0 N–H and O–H groups in total. The van der Waals surface area contributed by atoms with E-state index in [4.69, 9.17) is 10.00 Å². The Morgan fingerprint density at radius 2 is 1.95 bits per heavy atom. The first kappa shape index (κ1) is 14.5. The molecule has 0 radical (unpaired) electrons. The Bertz CT molecular complexity index is 644. The summed E-state index contributed by atoms with van der Waals surface area (Å²) in [5, 5.41) is 8.76. The van der Waals surface area contributed by atoms with Gasteiger partial charge >= 0.3 is 0 Å². The van der Waals surface area contributed by atoms with Crippen molar-refractivity contribution in [2.45, 2.75) is 30.3 Å². The molecule has 1 saturated carbocycles. The Morgan fingerprint density at radius 1 is 1.24 bits per heavy atom. The van der Waals surface area contributed by atoms with E-state index in [9.17, 15) is 8.42 Å². The average Bonchev–Trinajstić information content (AvgIpc) is 3.21. The molecule has 1 aliphatic carbocycles. The fourth-order valence-corrected chi connectivity index (χ4v) is 3.95. The highest BCUT2D eigenvalue weighted by Gasteiger charge is 2.34. The van der Waals surface area contributed by atoms with Crippen LogP contribution in [0.3, 0.4) is 0 Å². The van der Waals surface area contributed by atoms with Crippen LogP contribution in [0.1, 0.15) is 24.8 Å². The Labute approximate surface area is 125 Å². The van der Waals surface area contributed by atoms with Crippen LogP contribution in [0.15, 0.2) is 29.2 Å². The van der Waals surface area contributed by atoms with E-state index < -0.39 is 10.0 Å². The van der Waals surface area contributed by atoms with E-state index in [0.717, 1.165) is 13.0 Å². The van der Waals surface area contributed by atoms with Gasteiger partial charge < -0.3 is 4.74 Å². The zero-order valence-corrected chi connectivity index (χ0v) is 12.6. The smallest absolute Gasteiger partial charge is 0.243 e. The molecule has 6 heteroatoms. The molecule has 2 aliphatic rings. The fourth-order valence-electron chi connectivity index (χ4n) is 2.46. The monoisotopic (exact) mass is 306 g/mol. The van der Waals surface area contributed by atoms with Crippen LogP contribution in [-0.2, 0) is 14.8 Å². The largest absolute Gasteiger partial charge is 0.377 e. The molecule has 5 nitrogen and oxygen atoms in total. The quantitative estimate of drug-likeness (QED) is 0.831. The maximum atomic E-state index is 12.5. The van der Waals surface area contributed by atoms with Crippen LogP contribution < -0.4 is 0 Å². The van der Waals surface area contributed by atoms with E-state index in [1.807, 2.05) is 6.07 Å². The summed E-state index contributed by atoms with van der Waals surface area (Å²) in [5.41, 5.74) is 0.459. The van der Waals surface area contributed by atoms with Crippen LogP contribution in [0.4, 0.5) is 0 Å². The number of benzene rings is 1. The van der Waals surface area contributed by atoms with Crippen molar-refractivity contribution in [2.24, 2.45) is 5.92 Å². The molecule has 1 aromatic rings. The topological polar surface area (TPSA) is 70.4 Å². The minimum atomic E-state index is -3.48. The SMILES string of the molecule is N#Cc1ccc(S(=O)(=O)N2CCC(OCC3CC3)C2)cc1. The number of sulfonamides is 1. The van der Waals surface area contributed by atoms with Crippen molar-refractivity contribution in [2.75, 3.05) is 19.7 Å². The summed E-state index contributed by atoms with van der Waals surface area (Å²) in [6, 6.07) is 8.04. The molecule has 0 bridgehead atoms. The minimum absolute atomic E-state index is 0.0127. The van der Waals surface area contributed by atoms with Gasteiger partial charge in [0, 0.05) is 19.7 Å². The summed E-state index contributed by atoms with van der Waals surface area (Å²) in [6.07, 6.45) is 3.24. The van der Waals surface area contributed by atoms with Gasteiger partial charge in [-0.2, -0.15) is 9.57 Å². The van der Waals surface area contributed by atoms with Crippen molar-refractivity contribution in [3.8, 4) is 6.07 Å². The first-order valence-electron chi connectivity index (χ1n) is 7.21. The van der Waals surface area contributed by atoms with Crippen molar-refractivity contribution in [3.63, 3.8) is 0 Å². The number of ether oxygens (including phenoxy) is 1. The van der Waals surface area contributed by atoms with Crippen LogP contribution in [0.25, 0.3) is 0 Å². The van der Waals surface area contributed by atoms with Gasteiger partial charge in [-0.1, -0.05) is 0 Å².